The van der Waals surface area contributed by atoms with E-state index in [-0.39, 0.29) is 16.9 Å². The lowest BCUT2D eigenvalue weighted by Gasteiger charge is -2.31. The zero-order valence-electron chi connectivity index (χ0n) is 16.3. The molecule has 7 heteroatoms. The van der Waals surface area contributed by atoms with Crippen molar-refractivity contribution in [3.05, 3.63) is 39.9 Å². The second-order valence-corrected chi connectivity index (χ2v) is 7.27. The minimum absolute atomic E-state index is 0.00772. The zero-order chi connectivity index (χ0) is 19.6. The highest BCUT2D eigenvalue weighted by Gasteiger charge is 2.27. The molecule has 1 aliphatic rings. The van der Waals surface area contributed by atoms with Crippen molar-refractivity contribution in [1.82, 2.24) is 19.4 Å². The fraction of sp³-hybridized carbons (Fsp3) is 0.600. The van der Waals surface area contributed by atoms with Crippen molar-refractivity contribution in [2.24, 2.45) is 0 Å². The van der Waals surface area contributed by atoms with Crippen LogP contribution in [0.3, 0.4) is 0 Å². The van der Waals surface area contributed by atoms with Gasteiger partial charge in [-0.15, -0.1) is 0 Å². The van der Waals surface area contributed by atoms with Gasteiger partial charge in [-0.3, -0.25) is 14.3 Å². The van der Waals surface area contributed by atoms with E-state index in [1.165, 1.54) is 10.6 Å². The van der Waals surface area contributed by atoms with E-state index in [0.29, 0.717) is 12.4 Å². The van der Waals surface area contributed by atoms with Crippen LogP contribution in [0, 0.1) is 11.6 Å². The van der Waals surface area contributed by atoms with Crippen LogP contribution >= 0.6 is 0 Å². The lowest BCUT2D eigenvalue weighted by Crippen LogP contribution is -2.37. The van der Waals surface area contributed by atoms with Crippen LogP contribution < -0.4 is 5.56 Å². The molecule has 0 saturated carbocycles. The maximum absolute atomic E-state index is 14.3. The number of nitrogens with zero attached hydrogens (tertiary/aromatic N) is 4. The van der Waals surface area contributed by atoms with Crippen molar-refractivity contribution < 1.29 is 8.78 Å². The molecule has 0 spiro atoms. The molecule has 0 bridgehead atoms. The number of hydrogen-bond donors (Lipinski definition) is 0. The molecule has 3 rings (SSSR count). The summed E-state index contributed by atoms with van der Waals surface area (Å²) in [5.74, 6) is -1.47. The Bertz CT molecular complexity index is 867. The summed E-state index contributed by atoms with van der Waals surface area (Å²) in [5, 5.41) is -0.258. The third-order valence-electron chi connectivity index (χ3n) is 5.41. The van der Waals surface area contributed by atoms with E-state index in [2.05, 4.69) is 28.8 Å². The van der Waals surface area contributed by atoms with Crippen LogP contribution in [0.5, 0.6) is 0 Å². The number of rotatable bonds is 5. The molecule has 148 valence electrons. The average molecular weight is 378 g/mol. The van der Waals surface area contributed by atoms with E-state index in [9.17, 15) is 13.6 Å². The van der Waals surface area contributed by atoms with Gasteiger partial charge in [0.2, 0.25) is 0 Å². The molecule has 0 N–H and O–H groups in total. The number of halogens is 2. The first-order chi connectivity index (χ1) is 13.0. The molecule has 0 radical (unpaired) electrons. The van der Waals surface area contributed by atoms with Crippen LogP contribution in [0.4, 0.5) is 8.78 Å². The van der Waals surface area contributed by atoms with Crippen LogP contribution in [0.25, 0.3) is 10.9 Å². The van der Waals surface area contributed by atoms with Gasteiger partial charge in [0.15, 0.2) is 11.6 Å². The number of fused-ring (bicyclic) bond motifs is 1. The third kappa shape index (κ3) is 3.89. The van der Waals surface area contributed by atoms with Crippen molar-refractivity contribution in [1.29, 1.82) is 0 Å². The van der Waals surface area contributed by atoms with Gasteiger partial charge in [-0.25, -0.2) is 13.8 Å². The van der Waals surface area contributed by atoms with Crippen molar-refractivity contribution in [3.63, 3.8) is 0 Å². The fourth-order valence-electron chi connectivity index (χ4n) is 3.95. The maximum atomic E-state index is 14.3. The summed E-state index contributed by atoms with van der Waals surface area (Å²) in [6, 6.07) is 2.43. The highest BCUT2D eigenvalue weighted by Crippen LogP contribution is 2.27. The van der Waals surface area contributed by atoms with Gasteiger partial charge in [0.05, 0.1) is 11.6 Å². The van der Waals surface area contributed by atoms with Crippen molar-refractivity contribution in [2.75, 3.05) is 33.2 Å². The largest absolute Gasteiger partial charge is 0.305 e. The van der Waals surface area contributed by atoms with E-state index >= 15 is 0 Å². The maximum Gasteiger partial charge on any atom is 0.264 e. The van der Waals surface area contributed by atoms with Gasteiger partial charge in [0, 0.05) is 26.2 Å². The standard InChI is InChI=1S/C20H28F2N4O/c1-4-7-16(25-11-6-10-24(3)12-13-25)19-23-15-9-8-14(21)18(22)17(15)20(27)26(19)5-2/h8-9,16H,4-7,10-13H2,1-3H3/t16-/m1/s1. The van der Waals surface area contributed by atoms with Crippen LogP contribution in [0.2, 0.25) is 0 Å². The second kappa shape index (κ2) is 8.44. The molecule has 2 aromatic rings. The monoisotopic (exact) mass is 378 g/mol. The quantitative estimate of drug-likeness (QED) is 0.801. The molecule has 5 nitrogen and oxygen atoms in total. The lowest BCUT2D eigenvalue weighted by molar-refractivity contribution is 0.180. The van der Waals surface area contributed by atoms with Crippen LogP contribution in [0.1, 0.15) is 45.0 Å². The second-order valence-electron chi connectivity index (χ2n) is 7.27. The molecular formula is C20H28F2N4O. The van der Waals surface area contributed by atoms with Crippen LogP contribution in [0.15, 0.2) is 16.9 Å². The van der Waals surface area contributed by atoms with Gasteiger partial charge < -0.3 is 4.90 Å². The van der Waals surface area contributed by atoms with E-state index < -0.39 is 17.2 Å². The molecule has 0 amide bonds. The van der Waals surface area contributed by atoms with Crippen molar-refractivity contribution >= 4 is 10.9 Å². The molecule has 1 atom stereocenters. The SMILES string of the molecule is CCC[C@H](c1nc2ccc(F)c(F)c2c(=O)n1CC)N1CCCN(C)CC1. The third-order valence-corrected chi connectivity index (χ3v) is 5.41. The Labute approximate surface area is 158 Å². The van der Waals surface area contributed by atoms with Crippen LogP contribution in [-0.4, -0.2) is 52.6 Å². The van der Waals surface area contributed by atoms with E-state index in [4.69, 9.17) is 0 Å². The van der Waals surface area contributed by atoms with Gasteiger partial charge >= 0.3 is 0 Å². The number of likely N-dealkylation sites (N-methyl/N-ethyl adjacent to an activating group) is 1. The minimum atomic E-state index is -1.11. The first-order valence-corrected chi connectivity index (χ1v) is 9.78. The van der Waals surface area contributed by atoms with E-state index in [1.807, 2.05) is 6.92 Å². The number of hydrogen-bond acceptors (Lipinski definition) is 4. The number of benzene rings is 1. The summed E-state index contributed by atoms with van der Waals surface area (Å²) < 4.78 is 29.4. The van der Waals surface area contributed by atoms with Crippen LogP contribution in [-0.2, 0) is 6.54 Å². The highest BCUT2D eigenvalue weighted by molar-refractivity contribution is 5.78. The van der Waals surface area contributed by atoms with Crippen molar-refractivity contribution in [2.45, 2.75) is 45.7 Å². The molecule has 1 fully saturated rings. The Kier molecular flexibility index (Phi) is 6.22. The number of aromatic nitrogens is 2. The highest BCUT2D eigenvalue weighted by atomic mass is 19.2. The Hall–Kier alpha value is -1.86. The summed E-state index contributed by atoms with van der Waals surface area (Å²) in [7, 11) is 2.12. The topological polar surface area (TPSA) is 41.4 Å². The molecule has 1 aliphatic heterocycles. The molecule has 1 aromatic heterocycles. The van der Waals surface area contributed by atoms with Gasteiger partial charge in [0.25, 0.3) is 5.56 Å². The molecule has 1 aromatic carbocycles. The van der Waals surface area contributed by atoms with E-state index in [1.54, 1.807) is 0 Å². The zero-order valence-corrected chi connectivity index (χ0v) is 16.3. The smallest absolute Gasteiger partial charge is 0.264 e. The van der Waals surface area contributed by atoms with Crippen molar-refractivity contribution in [3.8, 4) is 0 Å². The van der Waals surface area contributed by atoms with Gasteiger partial charge in [0.1, 0.15) is 11.2 Å². The van der Waals surface area contributed by atoms with E-state index in [0.717, 1.165) is 51.5 Å². The molecule has 0 unspecified atom stereocenters. The summed E-state index contributed by atoms with van der Waals surface area (Å²) in [6.45, 7) is 8.17. The predicted molar refractivity (Wildman–Crippen MR) is 103 cm³/mol. The Balaban J connectivity index is 2.14. The molecule has 27 heavy (non-hydrogen) atoms. The first-order valence-electron chi connectivity index (χ1n) is 9.78. The van der Waals surface area contributed by atoms with Gasteiger partial charge in [-0.2, -0.15) is 0 Å². The van der Waals surface area contributed by atoms with Gasteiger partial charge in [-0.05, 0) is 45.5 Å². The summed E-state index contributed by atoms with van der Waals surface area (Å²) in [5.41, 5.74) is -0.269. The Morgan fingerprint density at radius 1 is 1.15 bits per heavy atom. The molecule has 1 saturated heterocycles. The predicted octanol–water partition coefficient (Wildman–Crippen LogP) is 3.17. The minimum Gasteiger partial charge on any atom is -0.305 e. The molecular weight excluding hydrogens is 350 g/mol. The Morgan fingerprint density at radius 2 is 1.93 bits per heavy atom. The summed E-state index contributed by atoms with van der Waals surface area (Å²) in [6.07, 6.45) is 2.87. The average Bonchev–Trinajstić information content (AvgIpc) is 2.87. The molecule has 2 heterocycles. The lowest BCUT2D eigenvalue weighted by atomic mass is 10.1. The Morgan fingerprint density at radius 3 is 2.63 bits per heavy atom. The normalized spacial score (nSPS) is 18.0. The fourth-order valence-corrected chi connectivity index (χ4v) is 3.95. The summed E-state index contributed by atoms with van der Waals surface area (Å²) in [4.78, 5) is 22.3. The molecule has 0 aliphatic carbocycles. The first kappa shape index (κ1) is 19.9. The van der Waals surface area contributed by atoms with Gasteiger partial charge in [-0.1, -0.05) is 13.3 Å². The summed E-state index contributed by atoms with van der Waals surface area (Å²) >= 11 is 0.